The topological polar surface area (TPSA) is 39.1 Å². The van der Waals surface area contributed by atoms with E-state index in [2.05, 4.69) is 42.6 Å². The van der Waals surface area contributed by atoms with Crippen molar-refractivity contribution in [1.29, 1.82) is 0 Å². The van der Waals surface area contributed by atoms with Crippen LogP contribution >= 0.6 is 0 Å². The lowest BCUT2D eigenvalue weighted by Gasteiger charge is -2.20. The second kappa shape index (κ2) is 6.09. The minimum atomic E-state index is 0.0912. The van der Waals surface area contributed by atoms with E-state index in [0.717, 1.165) is 23.4 Å². The molecule has 0 bridgehead atoms. The molecule has 4 nitrogen and oxygen atoms in total. The summed E-state index contributed by atoms with van der Waals surface area (Å²) in [6.07, 6.45) is 3.00. The third-order valence-corrected chi connectivity index (χ3v) is 3.57. The fraction of sp³-hybridized carbons (Fsp3) is 0.438. The number of aromatic nitrogens is 2. The van der Waals surface area contributed by atoms with Gasteiger partial charge in [-0.1, -0.05) is 24.6 Å². The maximum Gasteiger partial charge on any atom is 0.124 e. The number of hydrogen-bond acceptors (Lipinski definition) is 3. The number of aryl methyl sites for hydroxylation is 3. The normalized spacial score (nSPS) is 12.4. The number of ether oxygens (including phenoxy) is 1. The van der Waals surface area contributed by atoms with Crippen molar-refractivity contribution in [2.45, 2.75) is 26.3 Å². The van der Waals surface area contributed by atoms with Crippen LogP contribution in [0.1, 0.15) is 35.3 Å². The van der Waals surface area contributed by atoms with Gasteiger partial charge < -0.3 is 10.1 Å². The van der Waals surface area contributed by atoms with Crippen LogP contribution in [0, 0.1) is 6.92 Å². The highest BCUT2D eigenvalue weighted by molar-refractivity contribution is 5.44. The lowest BCUT2D eigenvalue weighted by molar-refractivity contribution is 0.405. The maximum atomic E-state index is 5.52. The second-order valence-corrected chi connectivity index (χ2v) is 5.03. The zero-order valence-electron chi connectivity index (χ0n) is 12.9. The van der Waals surface area contributed by atoms with Crippen molar-refractivity contribution in [3.8, 4) is 5.75 Å². The summed E-state index contributed by atoms with van der Waals surface area (Å²) in [5.41, 5.74) is 4.71. The van der Waals surface area contributed by atoms with Gasteiger partial charge in [-0.2, -0.15) is 5.10 Å². The van der Waals surface area contributed by atoms with Gasteiger partial charge in [-0.05, 0) is 26.5 Å². The van der Waals surface area contributed by atoms with Crippen LogP contribution in [-0.4, -0.2) is 23.9 Å². The molecule has 0 saturated carbocycles. The highest BCUT2D eigenvalue weighted by Crippen LogP contribution is 2.32. The first kappa shape index (κ1) is 14.6. The fourth-order valence-corrected chi connectivity index (χ4v) is 2.63. The Balaban J connectivity index is 2.54. The van der Waals surface area contributed by atoms with E-state index in [1.54, 1.807) is 7.11 Å². The van der Waals surface area contributed by atoms with E-state index < -0.39 is 0 Å². The number of rotatable bonds is 5. The van der Waals surface area contributed by atoms with Gasteiger partial charge in [0.1, 0.15) is 5.75 Å². The Kier molecular flexibility index (Phi) is 4.45. The average Bonchev–Trinajstić information content (AvgIpc) is 2.81. The van der Waals surface area contributed by atoms with Crippen molar-refractivity contribution in [2.75, 3.05) is 14.2 Å². The lowest BCUT2D eigenvalue weighted by atomic mass is 9.96. The zero-order chi connectivity index (χ0) is 14.7. The van der Waals surface area contributed by atoms with Gasteiger partial charge in [0.05, 0.1) is 18.8 Å². The van der Waals surface area contributed by atoms with Gasteiger partial charge in [0.2, 0.25) is 0 Å². The molecule has 0 aliphatic rings. The molecule has 2 rings (SSSR count). The summed E-state index contributed by atoms with van der Waals surface area (Å²) in [6.45, 7) is 4.23. The molecule has 108 valence electrons. The van der Waals surface area contributed by atoms with Gasteiger partial charge in [0, 0.05) is 24.4 Å². The van der Waals surface area contributed by atoms with Crippen LogP contribution in [0.3, 0.4) is 0 Å². The molecule has 1 aromatic carbocycles. The number of benzene rings is 1. The number of nitrogens with one attached hydrogen (secondary N) is 1. The van der Waals surface area contributed by atoms with Gasteiger partial charge >= 0.3 is 0 Å². The third kappa shape index (κ3) is 2.70. The van der Waals surface area contributed by atoms with Crippen molar-refractivity contribution < 1.29 is 4.74 Å². The summed E-state index contributed by atoms with van der Waals surface area (Å²) in [4.78, 5) is 0. The standard InChI is InChI=1S/C16H23N3O/c1-6-14-13(10-19(4)18-14)16(17-3)12-9-11(2)7-8-15(12)20-5/h7-10,16-17H,6H2,1-5H3. The molecule has 0 aliphatic heterocycles. The molecular formula is C16H23N3O. The van der Waals surface area contributed by atoms with Crippen LogP contribution in [0.15, 0.2) is 24.4 Å². The lowest BCUT2D eigenvalue weighted by Crippen LogP contribution is -2.19. The Hall–Kier alpha value is -1.81. The quantitative estimate of drug-likeness (QED) is 0.910. The van der Waals surface area contributed by atoms with Crippen LogP contribution in [0.2, 0.25) is 0 Å². The van der Waals surface area contributed by atoms with Crippen LogP contribution in [0.5, 0.6) is 5.75 Å². The number of nitrogens with zero attached hydrogens (tertiary/aromatic N) is 2. The Labute approximate surface area is 120 Å². The van der Waals surface area contributed by atoms with E-state index in [9.17, 15) is 0 Å². The molecule has 1 unspecified atom stereocenters. The predicted molar refractivity (Wildman–Crippen MR) is 81.2 cm³/mol. The van der Waals surface area contributed by atoms with Crippen molar-refractivity contribution in [3.05, 3.63) is 46.8 Å². The first-order chi connectivity index (χ1) is 9.60. The molecule has 1 atom stereocenters. The monoisotopic (exact) mass is 273 g/mol. The summed E-state index contributed by atoms with van der Waals surface area (Å²) in [5, 5.41) is 7.93. The second-order valence-electron chi connectivity index (χ2n) is 5.03. The third-order valence-electron chi connectivity index (χ3n) is 3.57. The molecular weight excluding hydrogens is 250 g/mol. The minimum absolute atomic E-state index is 0.0912. The number of hydrogen-bond donors (Lipinski definition) is 1. The van der Waals surface area contributed by atoms with Crippen molar-refractivity contribution in [2.24, 2.45) is 7.05 Å². The molecule has 1 aromatic heterocycles. The van der Waals surface area contributed by atoms with E-state index >= 15 is 0 Å². The zero-order valence-corrected chi connectivity index (χ0v) is 12.9. The smallest absolute Gasteiger partial charge is 0.124 e. The first-order valence-electron chi connectivity index (χ1n) is 6.94. The Morgan fingerprint density at radius 1 is 1.35 bits per heavy atom. The van der Waals surface area contributed by atoms with Crippen molar-refractivity contribution in [3.63, 3.8) is 0 Å². The predicted octanol–water partition coefficient (Wildman–Crippen LogP) is 2.61. The van der Waals surface area contributed by atoms with E-state index in [4.69, 9.17) is 4.74 Å². The molecule has 0 fully saturated rings. The van der Waals surface area contributed by atoms with Gasteiger partial charge in [0.15, 0.2) is 0 Å². The molecule has 0 amide bonds. The minimum Gasteiger partial charge on any atom is -0.496 e. The molecule has 1 heterocycles. The largest absolute Gasteiger partial charge is 0.496 e. The number of methoxy groups -OCH3 is 1. The molecule has 20 heavy (non-hydrogen) atoms. The molecule has 2 aromatic rings. The van der Waals surface area contributed by atoms with Crippen LogP contribution in [-0.2, 0) is 13.5 Å². The summed E-state index contributed by atoms with van der Waals surface area (Å²) in [6, 6.07) is 6.36. The molecule has 0 radical (unpaired) electrons. The van der Waals surface area contributed by atoms with Gasteiger partial charge in [-0.3, -0.25) is 4.68 Å². The average molecular weight is 273 g/mol. The molecule has 0 spiro atoms. The fourth-order valence-electron chi connectivity index (χ4n) is 2.63. The van der Waals surface area contributed by atoms with Crippen LogP contribution in [0.25, 0.3) is 0 Å². The summed E-state index contributed by atoms with van der Waals surface area (Å²) >= 11 is 0. The van der Waals surface area contributed by atoms with Gasteiger partial charge in [-0.15, -0.1) is 0 Å². The van der Waals surface area contributed by atoms with Gasteiger partial charge in [0.25, 0.3) is 0 Å². The van der Waals surface area contributed by atoms with Crippen LogP contribution in [0.4, 0.5) is 0 Å². The summed E-state index contributed by atoms with van der Waals surface area (Å²) in [7, 11) is 5.65. The highest BCUT2D eigenvalue weighted by atomic mass is 16.5. The SMILES string of the molecule is CCc1nn(C)cc1C(NC)c1cc(C)ccc1OC. The Bertz CT molecular complexity index is 589. The van der Waals surface area contributed by atoms with Crippen molar-refractivity contribution >= 4 is 0 Å². The molecule has 0 saturated heterocycles. The van der Waals surface area contributed by atoms with E-state index in [1.807, 2.05) is 24.8 Å². The molecule has 0 aliphatic carbocycles. The molecule has 4 heteroatoms. The van der Waals surface area contributed by atoms with E-state index in [-0.39, 0.29) is 6.04 Å². The van der Waals surface area contributed by atoms with Crippen molar-refractivity contribution in [1.82, 2.24) is 15.1 Å². The van der Waals surface area contributed by atoms with E-state index in [0.29, 0.717) is 0 Å². The first-order valence-corrected chi connectivity index (χ1v) is 6.94. The van der Waals surface area contributed by atoms with E-state index in [1.165, 1.54) is 11.1 Å². The summed E-state index contributed by atoms with van der Waals surface area (Å²) in [5.74, 6) is 0.904. The highest BCUT2D eigenvalue weighted by Gasteiger charge is 2.21. The van der Waals surface area contributed by atoms with Gasteiger partial charge in [-0.25, -0.2) is 0 Å². The van der Waals surface area contributed by atoms with Crippen LogP contribution < -0.4 is 10.1 Å². The Morgan fingerprint density at radius 3 is 2.70 bits per heavy atom. The maximum absolute atomic E-state index is 5.52. The molecule has 1 N–H and O–H groups in total. The summed E-state index contributed by atoms with van der Waals surface area (Å²) < 4.78 is 7.39. The Morgan fingerprint density at radius 2 is 2.10 bits per heavy atom.